The van der Waals surface area contributed by atoms with Crippen LogP contribution in [0.25, 0.3) is 0 Å². The number of hydrogen-bond acceptors (Lipinski definition) is 7. The smallest absolute Gasteiger partial charge is 0.338 e. The SMILES string of the molecule is O=C(OCc1ccccc1)c1cc(NC(=O)[C@H](Cc2ccccc2)NC(=O)C2Cc3ccccc3CN2)cc(C(=O)OCc2ccccc2)c1. The van der Waals surface area contributed by atoms with Gasteiger partial charge < -0.3 is 25.4 Å². The first-order valence-electron chi connectivity index (χ1n) is 16.4. The second-order valence-corrected chi connectivity index (χ2v) is 12.1. The zero-order valence-electron chi connectivity index (χ0n) is 27.3. The van der Waals surface area contributed by atoms with E-state index in [9.17, 15) is 19.2 Å². The molecule has 0 fully saturated rings. The summed E-state index contributed by atoms with van der Waals surface area (Å²) >= 11 is 0. The number of anilines is 1. The van der Waals surface area contributed by atoms with Crippen molar-refractivity contribution < 1.29 is 28.7 Å². The van der Waals surface area contributed by atoms with E-state index in [2.05, 4.69) is 16.0 Å². The third-order valence-corrected chi connectivity index (χ3v) is 8.41. The van der Waals surface area contributed by atoms with E-state index in [1.54, 1.807) is 0 Å². The zero-order valence-corrected chi connectivity index (χ0v) is 27.3. The van der Waals surface area contributed by atoms with Crippen LogP contribution in [0.4, 0.5) is 5.69 Å². The van der Waals surface area contributed by atoms with Crippen molar-refractivity contribution in [2.75, 3.05) is 5.32 Å². The molecule has 1 aliphatic heterocycles. The summed E-state index contributed by atoms with van der Waals surface area (Å²) < 4.78 is 11.1. The Balaban J connectivity index is 1.22. The standard InChI is InChI=1S/C41H37N3O6/c45-38(36-24-31-18-10-11-19-32(31)25-42-36)44-37(20-28-12-4-1-5-13-28)39(46)43-35-22-33(40(47)49-26-29-14-6-2-7-15-29)21-34(23-35)41(48)50-27-30-16-8-3-9-17-30/h1-19,21-23,36-37,42H,20,24-27H2,(H,43,46)(H,44,45)/t36?,37-/m0/s1. The predicted molar refractivity (Wildman–Crippen MR) is 189 cm³/mol. The summed E-state index contributed by atoms with van der Waals surface area (Å²) in [6.07, 6.45) is 0.704. The van der Waals surface area contributed by atoms with Gasteiger partial charge in [0.2, 0.25) is 11.8 Å². The van der Waals surface area contributed by atoms with E-state index < -0.39 is 29.9 Å². The van der Waals surface area contributed by atoms with E-state index in [4.69, 9.17) is 9.47 Å². The normalized spacial score (nSPS) is 14.0. The van der Waals surface area contributed by atoms with Crippen molar-refractivity contribution in [2.45, 2.75) is 44.7 Å². The Kier molecular flexibility index (Phi) is 11.1. The molecule has 0 saturated heterocycles. The molecule has 9 nitrogen and oxygen atoms in total. The van der Waals surface area contributed by atoms with Crippen LogP contribution in [0.2, 0.25) is 0 Å². The monoisotopic (exact) mass is 667 g/mol. The Hall–Kier alpha value is -6.06. The topological polar surface area (TPSA) is 123 Å². The van der Waals surface area contributed by atoms with Gasteiger partial charge in [-0.25, -0.2) is 9.59 Å². The van der Waals surface area contributed by atoms with Gasteiger partial charge >= 0.3 is 11.9 Å². The summed E-state index contributed by atoms with van der Waals surface area (Å²) in [5.74, 6) is -2.18. The highest BCUT2D eigenvalue weighted by atomic mass is 16.5. The number of amides is 2. The van der Waals surface area contributed by atoms with Crippen molar-refractivity contribution in [3.63, 3.8) is 0 Å². The Bertz CT molecular complexity index is 1880. The fraction of sp³-hybridized carbons (Fsp3) is 0.171. The Morgan fingerprint density at radius 2 is 1.14 bits per heavy atom. The molecule has 9 heteroatoms. The van der Waals surface area contributed by atoms with E-state index in [1.807, 2.05) is 115 Å². The molecule has 3 N–H and O–H groups in total. The van der Waals surface area contributed by atoms with Gasteiger partial charge in [0.25, 0.3) is 0 Å². The van der Waals surface area contributed by atoms with Gasteiger partial charge in [-0.2, -0.15) is 0 Å². The summed E-state index contributed by atoms with van der Waals surface area (Å²) in [6.45, 7) is 0.587. The molecular weight excluding hydrogens is 630 g/mol. The number of carbonyl (C=O) groups is 4. The summed E-state index contributed by atoms with van der Waals surface area (Å²) in [6, 6.07) is 38.5. The Morgan fingerprint density at radius 3 is 1.70 bits per heavy atom. The molecule has 0 radical (unpaired) electrons. The number of nitrogens with one attached hydrogen (secondary N) is 3. The minimum absolute atomic E-state index is 0.0227. The number of hydrogen-bond donors (Lipinski definition) is 3. The van der Waals surface area contributed by atoms with Gasteiger partial charge in [-0.05, 0) is 52.4 Å². The number of carbonyl (C=O) groups excluding carboxylic acids is 4. The molecule has 1 heterocycles. The third kappa shape index (κ3) is 9.09. The lowest BCUT2D eigenvalue weighted by atomic mass is 9.95. The van der Waals surface area contributed by atoms with Crippen LogP contribution >= 0.6 is 0 Å². The molecular formula is C41H37N3O6. The molecule has 1 unspecified atom stereocenters. The average molecular weight is 668 g/mol. The van der Waals surface area contributed by atoms with Crippen LogP contribution in [0.15, 0.2) is 133 Å². The maximum Gasteiger partial charge on any atom is 0.338 e. The van der Waals surface area contributed by atoms with Crippen LogP contribution in [0.3, 0.4) is 0 Å². The van der Waals surface area contributed by atoms with Crippen molar-refractivity contribution >= 4 is 29.4 Å². The molecule has 0 saturated carbocycles. The van der Waals surface area contributed by atoms with Crippen molar-refractivity contribution in [3.8, 4) is 0 Å². The fourth-order valence-corrected chi connectivity index (χ4v) is 5.75. The lowest BCUT2D eigenvalue weighted by Gasteiger charge is -2.27. The molecule has 5 aromatic carbocycles. The molecule has 0 spiro atoms. The Morgan fingerprint density at radius 1 is 0.640 bits per heavy atom. The van der Waals surface area contributed by atoms with Crippen LogP contribution in [0.1, 0.15) is 48.5 Å². The minimum atomic E-state index is -0.967. The molecule has 1 aliphatic rings. The average Bonchev–Trinajstić information content (AvgIpc) is 3.16. The van der Waals surface area contributed by atoms with Crippen LogP contribution in [-0.4, -0.2) is 35.8 Å². The molecule has 0 bridgehead atoms. The second-order valence-electron chi connectivity index (χ2n) is 12.1. The number of fused-ring (bicyclic) bond motifs is 1. The van der Waals surface area contributed by atoms with Crippen molar-refractivity contribution in [3.05, 3.63) is 172 Å². The number of rotatable bonds is 12. The lowest BCUT2D eigenvalue weighted by molar-refractivity contribution is -0.128. The fourth-order valence-electron chi connectivity index (χ4n) is 5.75. The molecule has 252 valence electrons. The van der Waals surface area contributed by atoms with Crippen LogP contribution < -0.4 is 16.0 Å². The summed E-state index contributed by atoms with van der Waals surface area (Å²) in [7, 11) is 0. The molecule has 50 heavy (non-hydrogen) atoms. The van der Waals surface area contributed by atoms with Gasteiger partial charge in [0.15, 0.2) is 0 Å². The van der Waals surface area contributed by atoms with Gasteiger partial charge in [-0.15, -0.1) is 0 Å². The largest absolute Gasteiger partial charge is 0.457 e. The quantitative estimate of drug-likeness (QED) is 0.144. The van der Waals surface area contributed by atoms with Gasteiger partial charge in [0.1, 0.15) is 19.3 Å². The number of ether oxygens (including phenoxy) is 2. The highest BCUT2D eigenvalue weighted by molar-refractivity contribution is 6.02. The van der Waals surface area contributed by atoms with Crippen LogP contribution in [0.5, 0.6) is 0 Å². The van der Waals surface area contributed by atoms with Crippen molar-refractivity contribution in [2.24, 2.45) is 0 Å². The van der Waals surface area contributed by atoms with Crippen LogP contribution in [-0.2, 0) is 51.7 Å². The Labute approximate surface area is 290 Å². The summed E-state index contributed by atoms with van der Waals surface area (Å²) in [5, 5.41) is 9.05. The minimum Gasteiger partial charge on any atom is -0.457 e. The highest BCUT2D eigenvalue weighted by Crippen LogP contribution is 2.20. The molecule has 2 amide bonds. The first kappa shape index (κ1) is 33.8. The predicted octanol–water partition coefficient (Wildman–Crippen LogP) is 5.78. The van der Waals surface area contributed by atoms with E-state index in [1.165, 1.54) is 18.2 Å². The first-order valence-corrected chi connectivity index (χ1v) is 16.4. The summed E-state index contributed by atoms with van der Waals surface area (Å²) in [5.41, 5.74) is 4.93. The molecule has 6 rings (SSSR count). The van der Waals surface area contributed by atoms with Gasteiger partial charge in [0, 0.05) is 18.7 Å². The maximum atomic E-state index is 13.9. The number of benzene rings is 5. The van der Waals surface area contributed by atoms with Gasteiger partial charge in [0.05, 0.1) is 17.2 Å². The third-order valence-electron chi connectivity index (χ3n) is 8.41. The van der Waals surface area contributed by atoms with Crippen molar-refractivity contribution in [1.82, 2.24) is 10.6 Å². The van der Waals surface area contributed by atoms with Gasteiger partial charge in [-0.3, -0.25) is 9.59 Å². The van der Waals surface area contributed by atoms with Crippen LogP contribution in [0, 0.1) is 0 Å². The molecule has 0 aliphatic carbocycles. The summed E-state index contributed by atoms with van der Waals surface area (Å²) in [4.78, 5) is 54.0. The van der Waals surface area contributed by atoms with E-state index in [-0.39, 0.29) is 42.4 Å². The molecule has 0 aromatic heterocycles. The zero-order chi connectivity index (χ0) is 34.7. The van der Waals surface area contributed by atoms with E-state index in [0.29, 0.717) is 13.0 Å². The molecule has 5 aromatic rings. The van der Waals surface area contributed by atoms with Crippen molar-refractivity contribution in [1.29, 1.82) is 0 Å². The maximum absolute atomic E-state index is 13.9. The highest BCUT2D eigenvalue weighted by Gasteiger charge is 2.29. The van der Waals surface area contributed by atoms with E-state index >= 15 is 0 Å². The number of esters is 2. The first-order chi connectivity index (χ1) is 24.4. The molecule has 2 atom stereocenters. The van der Waals surface area contributed by atoms with E-state index in [0.717, 1.165) is 27.8 Å². The second kappa shape index (κ2) is 16.4. The lowest BCUT2D eigenvalue weighted by Crippen LogP contribution is -2.53. The van der Waals surface area contributed by atoms with Gasteiger partial charge in [-0.1, -0.05) is 115 Å².